The van der Waals surface area contributed by atoms with Crippen molar-refractivity contribution in [2.24, 2.45) is 10.4 Å². The summed E-state index contributed by atoms with van der Waals surface area (Å²) in [7, 11) is 0. The molecule has 0 fully saturated rings. The van der Waals surface area contributed by atoms with E-state index in [2.05, 4.69) is 89.9 Å². The number of aryl methyl sites for hydroxylation is 2. The Morgan fingerprint density at radius 2 is 1.59 bits per heavy atom. The minimum Gasteiger partial charge on any atom is -0.359 e. The summed E-state index contributed by atoms with van der Waals surface area (Å²) in [5.41, 5.74) is 7.13. The number of amidine groups is 1. The van der Waals surface area contributed by atoms with Crippen LogP contribution in [0.4, 0.5) is 17.2 Å². The van der Waals surface area contributed by atoms with Gasteiger partial charge in [0.2, 0.25) is 0 Å². The average molecular weight is 363 g/mol. The highest BCUT2D eigenvalue weighted by Gasteiger charge is 2.42. The highest BCUT2D eigenvalue weighted by atomic mass is 15.4. The van der Waals surface area contributed by atoms with Gasteiger partial charge < -0.3 is 10.2 Å². The predicted octanol–water partition coefficient (Wildman–Crippen LogP) is 6.02. The summed E-state index contributed by atoms with van der Waals surface area (Å²) in [6.07, 6.45) is 0.0458. The van der Waals surface area contributed by atoms with Crippen LogP contribution in [0.5, 0.6) is 0 Å². The molecule has 0 radical (unpaired) electrons. The first-order valence-electron chi connectivity index (χ1n) is 9.74. The van der Waals surface area contributed by atoms with E-state index in [4.69, 9.17) is 9.98 Å². The van der Waals surface area contributed by atoms with Crippen LogP contribution in [0.1, 0.15) is 70.1 Å². The van der Waals surface area contributed by atoms with Crippen molar-refractivity contribution in [2.75, 3.05) is 10.2 Å². The van der Waals surface area contributed by atoms with Gasteiger partial charge in [-0.2, -0.15) is 0 Å². The lowest BCUT2D eigenvalue weighted by molar-refractivity contribution is 0.557. The molecule has 1 unspecified atom stereocenters. The van der Waals surface area contributed by atoms with E-state index in [0.29, 0.717) is 0 Å². The van der Waals surface area contributed by atoms with Crippen LogP contribution in [0.3, 0.4) is 0 Å². The van der Waals surface area contributed by atoms with Gasteiger partial charge in [-0.05, 0) is 49.2 Å². The number of aromatic nitrogens is 1. The van der Waals surface area contributed by atoms with Gasteiger partial charge in [0, 0.05) is 22.1 Å². The number of fused-ring (bicyclic) bond motifs is 5. The predicted molar refractivity (Wildman–Crippen MR) is 114 cm³/mol. The van der Waals surface area contributed by atoms with Crippen molar-refractivity contribution in [3.8, 4) is 0 Å². The minimum absolute atomic E-state index is 0.00384. The molecule has 0 saturated heterocycles. The van der Waals surface area contributed by atoms with Crippen LogP contribution >= 0.6 is 0 Å². The molecule has 1 N–H and O–H groups in total. The zero-order valence-corrected chi connectivity index (χ0v) is 17.7. The molecule has 2 aliphatic heterocycles. The molecule has 4 rings (SSSR count). The molecule has 4 nitrogen and oxygen atoms in total. The molecule has 2 aromatic rings. The molecular weight excluding hydrogens is 332 g/mol. The van der Waals surface area contributed by atoms with E-state index in [1.54, 1.807) is 0 Å². The average Bonchev–Trinajstić information content (AvgIpc) is 2.90. The van der Waals surface area contributed by atoms with Gasteiger partial charge in [-0.1, -0.05) is 41.5 Å². The second-order valence-corrected chi connectivity index (χ2v) is 9.92. The fraction of sp³-hybridized carbons (Fsp3) is 0.478. The summed E-state index contributed by atoms with van der Waals surface area (Å²) in [6, 6.07) is 8.87. The second kappa shape index (κ2) is 5.57. The Kier molecular flexibility index (Phi) is 3.72. The lowest BCUT2D eigenvalue weighted by Crippen LogP contribution is -2.43. The van der Waals surface area contributed by atoms with Crippen molar-refractivity contribution < 1.29 is 0 Å². The van der Waals surface area contributed by atoms with Crippen LogP contribution in [0.2, 0.25) is 0 Å². The zero-order valence-electron chi connectivity index (χ0n) is 17.7. The van der Waals surface area contributed by atoms with Gasteiger partial charge in [-0.3, -0.25) is 0 Å². The Hall–Kier alpha value is -2.36. The van der Waals surface area contributed by atoms with Gasteiger partial charge in [-0.25, -0.2) is 9.98 Å². The Labute approximate surface area is 162 Å². The Balaban J connectivity index is 1.93. The lowest BCUT2D eigenvalue weighted by atomic mass is 9.90. The summed E-state index contributed by atoms with van der Waals surface area (Å²) in [5, 5.41) is 3.73. The maximum Gasteiger partial charge on any atom is 0.161 e. The molecule has 2 aliphatic rings. The molecule has 27 heavy (non-hydrogen) atoms. The summed E-state index contributed by atoms with van der Waals surface area (Å²) in [5.74, 6) is 1.91. The minimum atomic E-state index is -0.0859. The molecule has 0 spiro atoms. The molecule has 0 saturated carbocycles. The number of hydrogen-bond donors (Lipinski definition) is 1. The molecular formula is C23H30N4. The molecule has 3 heterocycles. The topological polar surface area (TPSA) is 40.5 Å². The molecule has 0 amide bonds. The van der Waals surface area contributed by atoms with Gasteiger partial charge in [-0.15, -0.1) is 0 Å². The number of pyridine rings is 1. The number of hydrogen-bond acceptors (Lipinski definition) is 4. The van der Waals surface area contributed by atoms with Crippen LogP contribution in [0.25, 0.3) is 0 Å². The number of benzene rings is 1. The van der Waals surface area contributed by atoms with Crippen LogP contribution < -0.4 is 10.2 Å². The first kappa shape index (κ1) is 18.0. The SMILES string of the molecule is Cc1cc2c(cc1C)N1C(C(C)(C)C)=Nc3nc(C(C)(C)C)ccc3C1N2. The van der Waals surface area contributed by atoms with Crippen LogP contribution in [-0.4, -0.2) is 10.8 Å². The highest BCUT2D eigenvalue weighted by Crippen LogP contribution is 2.49. The van der Waals surface area contributed by atoms with Crippen LogP contribution in [-0.2, 0) is 5.41 Å². The van der Waals surface area contributed by atoms with E-state index in [1.165, 1.54) is 22.5 Å². The van der Waals surface area contributed by atoms with E-state index < -0.39 is 0 Å². The Morgan fingerprint density at radius 1 is 0.926 bits per heavy atom. The molecule has 1 aromatic carbocycles. The number of nitrogens with one attached hydrogen (secondary N) is 1. The highest BCUT2D eigenvalue weighted by molar-refractivity contribution is 6.09. The molecule has 1 atom stereocenters. The lowest BCUT2D eigenvalue weighted by Gasteiger charge is -2.38. The van der Waals surface area contributed by atoms with Gasteiger partial charge in [0.05, 0.1) is 11.4 Å². The van der Waals surface area contributed by atoms with Crippen molar-refractivity contribution in [3.05, 3.63) is 46.6 Å². The third-order valence-corrected chi connectivity index (χ3v) is 5.50. The smallest absolute Gasteiger partial charge is 0.161 e. The van der Waals surface area contributed by atoms with E-state index in [-0.39, 0.29) is 17.0 Å². The quantitative estimate of drug-likeness (QED) is 0.623. The summed E-state index contributed by atoms with van der Waals surface area (Å²) >= 11 is 0. The Morgan fingerprint density at radius 3 is 2.22 bits per heavy atom. The number of anilines is 2. The van der Waals surface area contributed by atoms with Crippen LogP contribution in [0.15, 0.2) is 29.3 Å². The Bertz CT molecular complexity index is 958. The maximum absolute atomic E-state index is 5.08. The molecule has 0 aliphatic carbocycles. The van der Waals surface area contributed by atoms with Gasteiger partial charge in [0.15, 0.2) is 5.82 Å². The van der Waals surface area contributed by atoms with E-state index >= 15 is 0 Å². The van der Waals surface area contributed by atoms with Crippen molar-refractivity contribution in [1.29, 1.82) is 0 Å². The summed E-state index contributed by atoms with van der Waals surface area (Å²) in [4.78, 5) is 12.4. The third-order valence-electron chi connectivity index (χ3n) is 5.50. The van der Waals surface area contributed by atoms with Crippen LogP contribution in [0, 0.1) is 19.3 Å². The van der Waals surface area contributed by atoms with Crippen molar-refractivity contribution >= 4 is 23.0 Å². The van der Waals surface area contributed by atoms with E-state index in [9.17, 15) is 0 Å². The van der Waals surface area contributed by atoms with E-state index in [1.807, 2.05) is 0 Å². The summed E-state index contributed by atoms with van der Waals surface area (Å²) < 4.78 is 0. The molecule has 0 bridgehead atoms. The molecule has 142 valence electrons. The van der Waals surface area contributed by atoms with Gasteiger partial charge >= 0.3 is 0 Å². The zero-order chi connectivity index (χ0) is 19.7. The first-order valence-corrected chi connectivity index (χ1v) is 9.74. The normalized spacial score (nSPS) is 18.4. The van der Waals surface area contributed by atoms with E-state index in [0.717, 1.165) is 22.9 Å². The fourth-order valence-electron chi connectivity index (χ4n) is 3.78. The second-order valence-electron chi connectivity index (χ2n) is 9.92. The number of nitrogens with zero attached hydrogens (tertiary/aromatic N) is 3. The fourth-order valence-corrected chi connectivity index (χ4v) is 3.78. The van der Waals surface area contributed by atoms with Gasteiger partial charge in [0.1, 0.15) is 12.0 Å². The number of rotatable bonds is 0. The maximum atomic E-state index is 5.08. The first-order chi connectivity index (χ1) is 12.5. The summed E-state index contributed by atoms with van der Waals surface area (Å²) in [6.45, 7) is 17.6. The van der Waals surface area contributed by atoms with Crippen molar-refractivity contribution in [2.45, 2.75) is 67.0 Å². The largest absolute Gasteiger partial charge is 0.359 e. The number of aliphatic imine (C=N–C) groups is 1. The molecule has 4 heteroatoms. The molecule has 1 aromatic heterocycles. The van der Waals surface area contributed by atoms with Gasteiger partial charge in [0.25, 0.3) is 0 Å². The standard InChI is InChI=1S/C23H30N4/c1-13-11-16-17(12-14(13)2)27-20(24-16)15-9-10-18(22(3,4)5)25-19(15)26-21(27)23(6,7)8/h9-12,20,24H,1-8H3. The van der Waals surface area contributed by atoms with Crippen molar-refractivity contribution in [1.82, 2.24) is 4.98 Å². The monoisotopic (exact) mass is 362 g/mol. The third kappa shape index (κ3) is 2.82. The van der Waals surface area contributed by atoms with Crippen molar-refractivity contribution in [3.63, 3.8) is 0 Å².